The lowest BCUT2D eigenvalue weighted by Crippen LogP contribution is -2.51. The summed E-state index contributed by atoms with van der Waals surface area (Å²) in [4.78, 5) is 28.3. The van der Waals surface area contributed by atoms with Gasteiger partial charge in [-0.3, -0.25) is 9.59 Å². The molecule has 178 valence electrons. The van der Waals surface area contributed by atoms with Gasteiger partial charge >= 0.3 is 0 Å². The van der Waals surface area contributed by atoms with Crippen LogP contribution in [0.15, 0.2) is 42.5 Å². The van der Waals surface area contributed by atoms with Crippen molar-refractivity contribution in [2.24, 2.45) is 0 Å². The Hall–Kier alpha value is -1.69. The number of carbonyl (C=O) groups is 2. The van der Waals surface area contributed by atoms with Gasteiger partial charge in [0.25, 0.3) is 0 Å². The van der Waals surface area contributed by atoms with E-state index in [1.165, 1.54) is 11.1 Å². The van der Waals surface area contributed by atoms with Gasteiger partial charge < -0.3 is 10.2 Å². The van der Waals surface area contributed by atoms with Crippen LogP contribution in [0, 0.1) is 6.92 Å². The molecule has 2 aromatic carbocycles. The number of carbonyl (C=O) groups excluding carboxylic acids is 2. The molecule has 1 N–H and O–H groups in total. The van der Waals surface area contributed by atoms with Gasteiger partial charge in [-0.15, -0.1) is 11.8 Å². The van der Waals surface area contributed by atoms with Crippen molar-refractivity contribution in [1.82, 2.24) is 10.2 Å². The van der Waals surface area contributed by atoms with Crippen LogP contribution in [0.1, 0.15) is 55.7 Å². The van der Waals surface area contributed by atoms with Gasteiger partial charge in [0.05, 0.1) is 15.8 Å². The summed E-state index contributed by atoms with van der Waals surface area (Å²) < 4.78 is 0. The number of hydrogen-bond donors (Lipinski definition) is 1. The number of thioether (sulfide) groups is 1. The monoisotopic (exact) mass is 506 g/mol. The molecule has 2 amide bonds. The summed E-state index contributed by atoms with van der Waals surface area (Å²) in [5.41, 5.74) is 3.29. The highest BCUT2D eigenvalue weighted by Gasteiger charge is 2.30. The second-order valence-electron chi connectivity index (χ2n) is 8.60. The van der Waals surface area contributed by atoms with Gasteiger partial charge in [0, 0.05) is 18.3 Å². The molecule has 3 rings (SSSR count). The average molecular weight is 508 g/mol. The molecule has 1 fully saturated rings. The third kappa shape index (κ3) is 7.40. The van der Waals surface area contributed by atoms with E-state index in [0.29, 0.717) is 28.8 Å². The van der Waals surface area contributed by atoms with Crippen molar-refractivity contribution < 1.29 is 9.59 Å². The molecular formula is C26H32Cl2N2O2S. The smallest absolute Gasteiger partial charge is 0.243 e. The molecule has 2 aromatic rings. The number of halogens is 2. The predicted molar refractivity (Wildman–Crippen MR) is 139 cm³/mol. The van der Waals surface area contributed by atoms with Crippen LogP contribution in [0.3, 0.4) is 0 Å². The van der Waals surface area contributed by atoms with Gasteiger partial charge in [-0.1, -0.05) is 73.3 Å². The highest BCUT2D eigenvalue weighted by atomic mass is 35.5. The highest BCUT2D eigenvalue weighted by Crippen LogP contribution is 2.25. The number of hydrogen-bond acceptors (Lipinski definition) is 3. The number of nitrogens with zero attached hydrogens (tertiary/aromatic N) is 1. The van der Waals surface area contributed by atoms with Gasteiger partial charge in [-0.05, 0) is 55.0 Å². The number of nitrogens with one attached hydrogen (secondary N) is 1. The standard InChI is InChI=1S/C26H32Cl2N2O2S/c1-3-24(26(32)29-21-10-6-7-11-21)30(15-19-12-13-22(27)23(28)14-19)25(31)17-33-16-20-9-5-4-8-18(20)2/h4-5,8-9,12-14,21,24H,3,6-7,10-11,15-17H2,1-2H3,(H,29,32). The number of amides is 2. The second-order valence-corrected chi connectivity index (χ2v) is 10.4. The zero-order valence-electron chi connectivity index (χ0n) is 19.3. The van der Waals surface area contributed by atoms with Crippen LogP contribution in [-0.2, 0) is 21.9 Å². The van der Waals surface area contributed by atoms with Crippen molar-refractivity contribution in [3.63, 3.8) is 0 Å². The Morgan fingerprint density at radius 1 is 1.12 bits per heavy atom. The molecule has 1 saturated carbocycles. The molecule has 33 heavy (non-hydrogen) atoms. The minimum atomic E-state index is -0.522. The van der Waals surface area contributed by atoms with Crippen molar-refractivity contribution in [3.8, 4) is 0 Å². The van der Waals surface area contributed by atoms with E-state index >= 15 is 0 Å². The Morgan fingerprint density at radius 3 is 2.52 bits per heavy atom. The predicted octanol–water partition coefficient (Wildman–Crippen LogP) is 6.40. The number of benzene rings is 2. The summed E-state index contributed by atoms with van der Waals surface area (Å²) in [6.45, 7) is 4.35. The van der Waals surface area contributed by atoms with Crippen LogP contribution < -0.4 is 5.32 Å². The molecule has 0 radical (unpaired) electrons. The fraction of sp³-hybridized carbons (Fsp3) is 0.462. The number of aryl methyl sites for hydroxylation is 1. The summed E-state index contributed by atoms with van der Waals surface area (Å²) in [7, 11) is 0. The maximum atomic E-state index is 13.4. The van der Waals surface area contributed by atoms with E-state index in [2.05, 4.69) is 24.4 Å². The van der Waals surface area contributed by atoms with Gasteiger partial charge in [0.2, 0.25) is 11.8 Å². The molecule has 0 spiro atoms. The molecule has 0 bridgehead atoms. The van der Waals surface area contributed by atoms with E-state index in [-0.39, 0.29) is 17.9 Å². The average Bonchev–Trinajstić information content (AvgIpc) is 3.30. The summed E-state index contributed by atoms with van der Waals surface area (Å²) in [5.74, 6) is 0.947. The first-order valence-corrected chi connectivity index (χ1v) is 13.5. The molecule has 0 aliphatic heterocycles. The van der Waals surface area contributed by atoms with E-state index < -0.39 is 6.04 Å². The van der Waals surface area contributed by atoms with Crippen LogP contribution >= 0.6 is 35.0 Å². The largest absolute Gasteiger partial charge is 0.352 e. The lowest BCUT2D eigenvalue weighted by Gasteiger charge is -2.31. The van der Waals surface area contributed by atoms with Crippen molar-refractivity contribution in [2.75, 3.05) is 5.75 Å². The zero-order valence-corrected chi connectivity index (χ0v) is 21.6. The summed E-state index contributed by atoms with van der Waals surface area (Å²) >= 11 is 13.9. The van der Waals surface area contributed by atoms with E-state index in [4.69, 9.17) is 23.2 Å². The maximum absolute atomic E-state index is 13.4. The van der Waals surface area contributed by atoms with E-state index in [1.54, 1.807) is 28.8 Å². The van der Waals surface area contributed by atoms with Crippen LogP contribution in [0.2, 0.25) is 10.0 Å². The molecule has 1 unspecified atom stereocenters. The first kappa shape index (κ1) is 25.9. The molecule has 0 aromatic heterocycles. The van der Waals surface area contributed by atoms with Gasteiger partial charge in [0.1, 0.15) is 6.04 Å². The maximum Gasteiger partial charge on any atom is 0.243 e. The van der Waals surface area contributed by atoms with Crippen molar-refractivity contribution in [1.29, 1.82) is 0 Å². The number of rotatable bonds is 10. The second kappa shape index (κ2) is 12.7. The van der Waals surface area contributed by atoms with Crippen molar-refractivity contribution in [2.45, 2.75) is 70.3 Å². The van der Waals surface area contributed by atoms with Crippen molar-refractivity contribution in [3.05, 3.63) is 69.2 Å². The molecule has 1 aliphatic carbocycles. The summed E-state index contributed by atoms with van der Waals surface area (Å²) in [5, 5.41) is 4.09. The molecule has 7 heteroatoms. The first-order chi connectivity index (χ1) is 15.9. The summed E-state index contributed by atoms with van der Waals surface area (Å²) in [6, 6.07) is 13.2. The normalized spacial score (nSPS) is 14.8. The van der Waals surface area contributed by atoms with Crippen LogP contribution in [0.4, 0.5) is 0 Å². The lowest BCUT2D eigenvalue weighted by molar-refractivity contribution is -0.139. The molecule has 1 aliphatic rings. The van der Waals surface area contributed by atoms with E-state index in [1.807, 2.05) is 25.1 Å². The third-order valence-corrected chi connectivity index (χ3v) is 7.87. The zero-order chi connectivity index (χ0) is 23.8. The topological polar surface area (TPSA) is 49.4 Å². The Bertz CT molecular complexity index is 963. The fourth-order valence-electron chi connectivity index (χ4n) is 4.22. The first-order valence-electron chi connectivity index (χ1n) is 11.5. The van der Waals surface area contributed by atoms with Gasteiger partial charge in [-0.2, -0.15) is 0 Å². The Kier molecular flexibility index (Phi) is 9.96. The minimum absolute atomic E-state index is 0.0481. The quantitative estimate of drug-likeness (QED) is 0.405. The molecule has 0 heterocycles. The molecule has 4 nitrogen and oxygen atoms in total. The van der Waals surface area contributed by atoms with Crippen molar-refractivity contribution >= 4 is 46.8 Å². The lowest BCUT2D eigenvalue weighted by atomic mass is 10.1. The summed E-state index contributed by atoms with van der Waals surface area (Å²) in [6.07, 6.45) is 4.85. The fourth-order valence-corrected chi connectivity index (χ4v) is 5.53. The van der Waals surface area contributed by atoms with Crippen LogP contribution in [-0.4, -0.2) is 34.6 Å². The molecular weight excluding hydrogens is 475 g/mol. The Labute approximate surface area is 211 Å². The minimum Gasteiger partial charge on any atom is -0.352 e. The molecule has 0 saturated heterocycles. The van der Waals surface area contributed by atoms with Crippen LogP contribution in [0.5, 0.6) is 0 Å². The van der Waals surface area contributed by atoms with Gasteiger partial charge in [-0.25, -0.2) is 0 Å². The Morgan fingerprint density at radius 2 is 1.85 bits per heavy atom. The SMILES string of the molecule is CCC(C(=O)NC1CCCC1)N(Cc1ccc(Cl)c(Cl)c1)C(=O)CSCc1ccccc1C. The van der Waals surface area contributed by atoms with E-state index in [9.17, 15) is 9.59 Å². The van der Waals surface area contributed by atoms with E-state index in [0.717, 1.165) is 37.0 Å². The Balaban J connectivity index is 1.73. The van der Waals surface area contributed by atoms with Crippen LogP contribution in [0.25, 0.3) is 0 Å². The highest BCUT2D eigenvalue weighted by molar-refractivity contribution is 7.99. The van der Waals surface area contributed by atoms with Gasteiger partial charge in [0.15, 0.2) is 0 Å². The molecule has 1 atom stereocenters. The third-order valence-electron chi connectivity index (χ3n) is 6.17.